The molecule has 0 aromatic heterocycles. The van der Waals surface area contributed by atoms with Crippen LogP contribution in [0.25, 0.3) is 10.8 Å². The zero-order chi connectivity index (χ0) is 25.2. The van der Waals surface area contributed by atoms with Crippen molar-refractivity contribution in [1.82, 2.24) is 0 Å². The molecule has 0 spiro atoms. The molecule has 0 heterocycles. The minimum atomic E-state index is -4.43. The SMILES string of the molecule is CCN(c1ccccc1)S(=O)(=O)c1ccccc1N=Nc1c([O-])ccc2cc(S(=O)(=O)O)ccc12.[Na+]. The van der Waals surface area contributed by atoms with Crippen LogP contribution in [0.4, 0.5) is 17.1 Å². The average Bonchev–Trinajstić information content (AvgIpc) is 2.83. The summed E-state index contributed by atoms with van der Waals surface area (Å²) in [5.74, 6) is -0.485. The van der Waals surface area contributed by atoms with Crippen molar-refractivity contribution in [3.8, 4) is 5.75 Å². The Bertz CT molecular complexity index is 1640. The fourth-order valence-corrected chi connectivity index (χ4v) is 5.72. The van der Waals surface area contributed by atoms with Crippen LogP contribution in [-0.4, -0.2) is 27.9 Å². The van der Waals surface area contributed by atoms with E-state index in [1.54, 1.807) is 49.4 Å². The molecule has 4 aromatic carbocycles. The van der Waals surface area contributed by atoms with E-state index in [9.17, 15) is 26.5 Å². The van der Waals surface area contributed by atoms with Gasteiger partial charge in [-0.25, -0.2) is 8.42 Å². The molecule has 9 nitrogen and oxygen atoms in total. The van der Waals surface area contributed by atoms with Gasteiger partial charge in [0.05, 0.1) is 16.3 Å². The van der Waals surface area contributed by atoms with E-state index in [4.69, 9.17) is 0 Å². The second-order valence-corrected chi connectivity index (χ2v) is 10.7. The van der Waals surface area contributed by atoms with Gasteiger partial charge in [-0.1, -0.05) is 54.3 Å². The predicted molar refractivity (Wildman–Crippen MR) is 130 cm³/mol. The van der Waals surface area contributed by atoms with E-state index >= 15 is 0 Å². The number of anilines is 1. The number of sulfonamides is 1. The number of hydrogen-bond donors (Lipinski definition) is 1. The molecule has 0 saturated carbocycles. The maximum absolute atomic E-state index is 13.5. The smallest absolute Gasteiger partial charge is 0.871 e. The number of rotatable bonds is 7. The van der Waals surface area contributed by atoms with Crippen LogP contribution in [0.1, 0.15) is 6.92 Å². The van der Waals surface area contributed by atoms with Gasteiger partial charge in [-0.15, -0.1) is 5.11 Å². The van der Waals surface area contributed by atoms with Crippen molar-refractivity contribution in [3.05, 3.63) is 84.9 Å². The zero-order valence-corrected chi connectivity index (χ0v) is 23.1. The Hall–Kier alpha value is -2.80. The number of benzene rings is 4. The van der Waals surface area contributed by atoms with E-state index in [2.05, 4.69) is 10.2 Å². The number of azo groups is 1. The number of fused-ring (bicyclic) bond motifs is 1. The first kappa shape index (κ1) is 27.8. The molecule has 12 heteroatoms. The minimum Gasteiger partial charge on any atom is -0.871 e. The van der Waals surface area contributed by atoms with Crippen molar-refractivity contribution >= 4 is 48.0 Å². The van der Waals surface area contributed by atoms with E-state index in [0.717, 1.165) is 6.07 Å². The van der Waals surface area contributed by atoms with E-state index in [1.807, 2.05) is 0 Å². The fourth-order valence-electron chi connectivity index (χ4n) is 3.60. The van der Waals surface area contributed by atoms with Crippen LogP contribution in [0.5, 0.6) is 5.75 Å². The molecular weight excluding hydrogens is 513 g/mol. The topological polar surface area (TPSA) is 140 Å². The molecule has 0 radical (unpaired) electrons. The molecule has 0 saturated heterocycles. The van der Waals surface area contributed by atoms with Gasteiger partial charge in [0.15, 0.2) is 0 Å². The summed E-state index contributed by atoms with van der Waals surface area (Å²) in [5.41, 5.74) is 0.437. The van der Waals surface area contributed by atoms with Gasteiger partial charge in [-0.05, 0) is 48.7 Å². The van der Waals surface area contributed by atoms with Crippen molar-refractivity contribution in [2.45, 2.75) is 16.7 Å². The van der Waals surface area contributed by atoms with Crippen molar-refractivity contribution < 1.29 is 56.1 Å². The van der Waals surface area contributed by atoms with E-state index in [0.29, 0.717) is 16.5 Å². The van der Waals surface area contributed by atoms with Gasteiger partial charge in [-0.2, -0.15) is 13.5 Å². The van der Waals surface area contributed by atoms with E-state index in [-0.39, 0.29) is 57.3 Å². The third kappa shape index (κ3) is 5.61. The molecule has 1 N–H and O–H groups in total. The molecule has 0 aliphatic rings. The van der Waals surface area contributed by atoms with E-state index < -0.39 is 25.9 Å². The Labute approximate surface area is 231 Å². The Kier molecular flexibility index (Phi) is 8.55. The Morgan fingerprint density at radius 1 is 0.861 bits per heavy atom. The summed E-state index contributed by atoms with van der Waals surface area (Å²) in [7, 11) is -8.44. The summed E-state index contributed by atoms with van der Waals surface area (Å²) in [6, 6.07) is 21.0. The number of hydrogen-bond acceptors (Lipinski definition) is 7. The predicted octanol–water partition coefficient (Wildman–Crippen LogP) is 1.79. The maximum atomic E-state index is 13.5. The van der Waals surface area contributed by atoms with Crippen molar-refractivity contribution in [1.29, 1.82) is 0 Å². The normalized spacial score (nSPS) is 11.9. The molecule has 36 heavy (non-hydrogen) atoms. The zero-order valence-electron chi connectivity index (χ0n) is 19.4. The molecule has 0 amide bonds. The first-order valence-corrected chi connectivity index (χ1v) is 13.3. The van der Waals surface area contributed by atoms with Crippen molar-refractivity contribution in [2.75, 3.05) is 10.8 Å². The molecule has 4 aromatic rings. The van der Waals surface area contributed by atoms with E-state index in [1.165, 1.54) is 40.7 Å². The molecular formula is C24H20N3NaO6S2. The fraction of sp³-hybridized carbons (Fsp3) is 0.0833. The average molecular weight is 534 g/mol. The molecule has 0 bridgehead atoms. The second kappa shape index (κ2) is 11.1. The van der Waals surface area contributed by atoms with Crippen LogP contribution >= 0.6 is 0 Å². The van der Waals surface area contributed by atoms with Crippen LogP contribution in [0.2, 0.25) is 0 Å². The molecule has 4 rings (SSSR count). The van der Waals surface area contributed by atoms with Gasteiger partial charge < -0.3 is 5.11 Å². The summed E-state index contributed by atoms with van der Waals surface area (Å²) in [4.78, 5) is -0.417. The number of para-hydroxylation sites is 1. The van der Waals surface area contributed by atoms with Crippen LogP contribution in [0.3, 0.4) is 0 Å². The third-order valence-electron chi connectivity index (χ3n) is 5.25. The Morgan fingerprint density at radius 3 is 2.19 bits per heavy atom. The summed E-state index contributed by atoms with van der Waals surface area (Å²) >= 11 is 0. The van der Waals surface area contributed by atoms with Gasteiger partial charge in [-0.3, -0.25) is 8.86 Å². The summed E-state index contributed by atoms with van der Waals surface area (Å²) in [6.45, 7) is 1.90. The summed E-state index contributed by atoms with van der Waals surface area (Å²) < 4.78 is 60.4. The largest absolute Gasteiger partial charge is 1.00 e. The van der Waals surface area contributed by atoms with Gasteiger partial charge in [0.25, 0.3) is 20.1 Å². The van der Waals surface area contributed by atoms with Crippen LogP contribution in [0, 0.1) is 0 Å². The molecule has 0 atom stereocenters. The van der Waals surface area contributed by atoms with Crippen LogP contribution in [-0.2, 0) is 20.1 Å². The quantitative estimate of drug-likeness (QED) is 0.218. The van der Waals surface area contributed by atoms with Gasteiger partial charge >= 0.3 is 29.6 Å². The van der Waals surface area contributed by atoms with Crippen molar-refractivity contribution in [3.63, 3.8) is 0 Å². The van der Waals surface area contributed by atoms with Gasteiger partial charge in [0, 0.05) is 11.9 Å². The second-order valence-electron chi connectivity index (χ2n) is 7.44. The van der Waals surface area contributed by atoms with Gasteiger partial charge in [0.2, 0.25) is 0 Å². The minimum absolute atomic E-state index is 0. The Morgan fingerprint density at radius 2 is 1.53 bits per heavy atom. The molecule has 180 valence electrons. The van der Waals surface area contributed by atoms with Crippen LogP contribution in [0.15, 0.2) is 105 Å². The first-order valence-electron chi connectivity index (χ1n) is 10.4. The Balaban J connectivity index is 0.00000361. The molecule has 0 aliphatic heterocycles. The van der Waals surface area contributed by atoms with Crippen LogP contribution < -0.4 is 39.0 Å². The monoisotopic (exact) mass is 533 g/mol. The maximum Gasteiger partial charge on any atom is 1.00 e. The van der Waals surface area contributed by atoms with Crippen molar-refractivity contribution in [2.24, 2.45) is 10.2 Å². The third-order valence-corrected chi connectivity index (χ3v) is 8.05. The molecule has 0 unspecified atom stereocenters. The summed E-state index contributed by atoms with van der Waals surface area (Å²) in [6.07, 6.45) is 0. The first-order chi connectivity index (χ1) is 16.6. The van der Waals surface area contributed by atoms with Gasteiger partial charge in [0.1, 0.15) is 10.6 Å². The summed E-state index contributed by atoms with van der Waals surface area (Å²) in [5, 5.41) is 21.3. The molecule has 0 aliphatic carbocycles. The molecule has 0 fully saturated rings. The standard InChI is InChI=1S/C24H21N3O6S2.Na/c1-2-27(18-8-4-3-5-9-18)34(29,30)23-11-7-6-10-21(23)25-26-24-20-14-13-19(35(31,32)33)16-17(20)12-15-22(24)28;/h3-16,28H,2H2,1H3,(H,31,32,33);/q;+1/p-1. The number of nitrogens with zero attached hydrogens (tertiary/aromatic N) is 3.